The van der Waals surface area contributed by atoms with Gasteiger partial charge in [0.2, 0.25) is 0 Å². The van der Waals surface area contributed by atoms with Crippen molar-refractivity contribution in [1.82, 2.24) is 5.43 Å². The van der Waals surface area contributed by atoms with Crippen LogP contribution in [-0.2, 0) is 0 Å². The number of aromatic hydroxyl groups is 1. The molecule has 0 aliphatic heterocycles. The fourth-order valence-electron chi connectivity index (χ4n) is 1.53. The Hall–Kier alpha value is -1.25. The molecule has 2 aromatic carbocycles. The van der Waals surface area contributed by atoms with Crippen LogP contribution in [0.3, 0.4) is 0 Å². The van der Waals surface area contributed by atoms with Crippen LogP contribution in [-0.4, -0.2) is 17.2 Å². The highest BCUT2D eigenvalue weighted by molar-refractivity contribution is 9.11. The van der Waals surface area contributed by atoms with Crippen LogP contribution in [0.15, 0.2) is 48.9 Å². The summed E-state index contributed by atoms with van der Waals surface area (Å²) in [4.78, 5) is 11.8. The maximum Gasteiger partial charge on any atom is 0.271 e. The van der Waals surface area contributed by atoms with Gasteiger partial charge in [-0.05, 0) is 62.2 Å². The normalized spacial score (nSPS) is 10.9. The molecule has 0 saturated heterocycles. The summed E-state index contributed by atoms with van der Waals surface area (Å²) in [5.74, 6) is -0.863. The van der Waals surface area contributed by atoms with E-state index >= 15 is 0 Å². The number of benzene rings is 2. The number of halogens is 4. The highest BCUT2D eigenvalue weighted by Gasteiger charge is 2.12. The lowest BCUT2D eigenvalue weighted by Crippen LogP contribution is -2.17. The van der Waals surface area contributed by atoms with Crippen molar-refractivity contribution in [1.29, 1.82) is 0 Å². The number of nitrogens with zero attached hydrogens (tertiary/aromatic N) is 1. The molecule has 0 bridgehead atoms. The summed E-state index contributed by atoms with van der Waals surface area (Å²) >= 11 is 9.79. The first-order chi connectivity index (χ1) is 10.4. The van der Waals surface area contributed by atoms with Gasteiger partial charge in [0.25, 0.3) is 5.91 Å². The van der Waals surface area contributed by atoms with E-state index in [4.69, 9.17) is 0 Å². The maximum atomic E-state index is 12.8. The van der Waals surface area contributed by atoms with E-state index < -0.39 is 11.7 Å². The third-order valence-electron chi connectivity index (χ3n) is 2.65. The molecule has 114 valence electrons. The molecule has 0 aliphatic carbocycles. The van der Waals surface area contributed by atoms with Gasteiger partial charge in [-0.1, -0.05) is 15.9 Å². The smallest absolute Gasteiger partial charge is 0.271 e. The molecule has 0 aliphatic rings. The van der Waals surface area contributed by atoms with Crippen LogP contribution in [0.25, 0.3) is 0 Å². The van der Waals surface area contributed by atoms with Gasteiger partial charge in [0.15, 0.2) is 0 Å². The number of phenols is 1. The minimum atomic E-state index is -0.468. The molecule has 0 radical (unpaired) electrons. The van der Waals surface area contributed by atoms with Gasteiger partial charge in [-0.15, -0.1) is 0 Å². The van der Waals surface area contributed by atoms with Crippen molar-refractivity contribution in [2.75, 3.05) is 0 Å². The molecule has 0 spiro atoms. The Balaban J connectivity index is 2.15. The predicted molar refractivity (Wildman–Crippen MR) is 92.7 cm³/mol. The van der Waals surface area contributed by atoms with Gasteiger partial charge in [-0.25, -0.2) is 9.82 Å². The number of rotatable bonds is 3. The van der Waals surface area contributed by atoms with Crippen molar-refractivity contribution in [3.8, 4) is 5.75 Å². The Bertz CT molecular complexity index is 749. The van der Waals surface area contributed by atoms with E-state index in [0.29, 0.717) is 19.0 Å². The van der Waals surface area contributed by atoms with E-state index in [9.17, 15) is 14.3 Å². The number of hydrogen-bond donors (Lipinski definition) is 2. The molecule has 0 fully saturated rings. The van der Waals surface area contributed by atoms with E-state index in [1.54, 1.807) is 6.07 Å². The summed E-state index contributed by atoms with van der Waals surface area (Å²) < 4.78 is 14.4. The SMILES string of the molecule is O=C(NN=Cc1c(Br)cc(Br)c(O)c1Br)c1ccc(F)cc1. The van der Waals surface area contributed by atoms with Gasteiger partial charge in [-0.2, -0.15) is 5.10 Å². The highest BCUT2D eigenvalue weighted by Crippen LogP contribution is 2.38. The number of hydrazone groups is 1. The largest absolute Gasteiger partial charge is 0.506 e. The van der Waals surface area contributed by atoms with Gasteiger partial charge in [0.1, 0.15) is 11.6 Å². The Morgan fingerprint density at radius 3 is 2.45 bits per heavy atom. The van der Waals surface area contributed by atoms with Crippen molar-refractivity contribution in [3.05, 3.63) is 60.7 Å². The lowest BCUT2D eigenvalue weighted by Gasteiger charge is -2.06. The first-order valence-electron chi connectivity index (χ1n) is 5.85. The van der Waals surface area contributed by atoms with Crippen molar-refractivity contribution < 1.29 is 14.3 Å². The second kappa shape index (κ2) is 7.34. The van der Waals surface area contributed by atoms with E-state index in [0.717, 1.165) is 0 Å². The van der Waals surface area contributed by atoms with Crippen molar-refractivity contribution >= 4 is 59.9 Å². The maximum absolute atomic E-state index is 12.8. The molecule has 1 amide bonds. The number of phenolic OH excluding ortho intramolecular Hbond substituents is 1. The van der Waals surface area contributed by atoms with Crippen LogP contribution in [0.5, 0.6) is 5.75 Å². The molecule has 0 heterocycles. The van der Waals surface area contributed by atoms with Gasteiger partial charge < -0.3 is 5.11 Å². The molecule has 0 unspecified atom stereocenters. The second-order valence-electron chi connectivity index (χ2n) is 4.12. The number of nitrogens with one attached hydrogen (secondary N) is 1. The van der Waals surface area contributed by atoms with Crippen molar-refractivity contribution in [3.63, 3.8) is 0 Å². The van der Waals surface area contributed by atoms with Crippen LogP contribution in [0.1, 0.15) is 15.9 Å². The zero-order valence-electron chi connectivity index (χ0n) is 10.8. The molecule has 0 atom stereocenters. The van der Waals surface area contributed by atoms with Crippen molar-refractivity contribution in [2.45, 2.75) is 0 Å². The Kier molecular flexibility index (Phi) is 5.71. The van der Waals surface area contributed by atoms with Crippen LogP contribution in [0.2, 0.25) is 0 Å². The topological polar surface area (TPSA) is 61.7 Å². The molecule has 0 saturated carbocycles. The zero-order valence-corrected chi connectivity index (χ0v) is 15.5. The molecule has 8 heteroatoms. The van der Waals surface area contributed by atoms with Crippen LogP contribution in [0, 0.1) is 5.82 Å². The second-order valence-corrected chi connectivity index (χ2v) is 6.62. The van der Waals surface area contributed by atoms with Crippen LogP contribution in [0.4, 0.5) is 4.39 Å². The fraction of sp³-hybridized carbons (Fsp3) is 0. The average molecular weight is 495 g/mol. The third-order valence-corrected chi connectivity index (χ3v) is 4.71. The predicted octanol–water partition coefficient (Wildman–Crippen LogP) is 4.58. The molecule has 2 aromatic rings. The molecule has 0 aromatic heterocycles. The summed E-state index contributed by atoms with van der Waals surface area (Å²) in [5, 5.41) is 13.7. The molecule has 2 rings (SSSR count). The number of amides is 1. The van der Waals surface area contributed by atoms with Crippen LogP contribution >= 0.6 is 47.8 Å². The standard InChI is InChI=1S/C14H8Br3FN2O2/c15-10-5-11(16)13(21)12(17)9(10)6-19-20-14(22)7-1-3-8(18)4-2-7/h1-6,21H,(H,20,22). The van der Waals surface area contributed by atoms with Gasteiger partial charge in [-0.3, -0.25) is 4.79 Å². The Labute approximate surface area is 150 Å². The highest BCUT2D eigenvalue weighted by atomic mass is 79.9. The first kappa shape index (κ1) is 17.1. The number of hydrogen-bond acceptors (Lipinski definition) is 3. The first-order valence-corrected chi connectivity index (χ1v) is 8.23. The van der Waals surface area contributed by atoms with Gasteiger partial charge >= 0.3 is 0 Å². The zero-order chi connectivity index (χ0) is 16.3. The lowest BCUT2D eigenvalue weighted by molar-refractivity contribution is 0.0955. The Morgan fingerprint density at radius 2 is 1.82 bits per heavy atom. The summed E-state index contributed by atoms with van der Waals surface area (Å²) in [6, 6.07) is 6.76. The van der Waals surface area contributed by atoms with E-state index in [1.165, 1.54) is 30.5 Å². The summed E-state index contributed by atoms with van der Waals surface area (Å²) in [6.45, 7) is 0. The monoisotopic (exact) mass is 492 g/mol. The number of carbonyl (C=O) groups excluding carboxylic acids is 1. The molecule has 2 N–H and O–H groups in total. The fourth-order valence-corrected chi connectivity index (χ4v) is 3.86. The molecular weight excluding hydrogens is 487 g/mol. The molecule has 22 heavy (non-hydrogen) atoms. The number of carbonyl (C=O) groups is 1. The molecule has 4 nitrogen and oxygen atoms in total. The lowest BCUT2D eigenvalue weighted by atomic mass is 10.2. The van der Waals surface area contributed by atoms with E-state index in [1.807, 2.05) is 0 Å². The minimum Gasteiger partial charge on any atom is -0.506 e. The van der Waals surface area contributed by atoms with Gasteiger partial charge in [0.05, 0.1) is 15.2 Å². The third kappa shape index (κ3) is 3.93. The van der Waals surface area contributed by atoms with Crippen molar-refractivity contribution in [2.24, 2.45) is 5.10 Å². The average Bonchev–Trinajstić information content (AvgIpc) is 2.49. The Morgan fingerprint density at radius 1 is 1.18 bits per heavy atom. The summed E-state index contributed by atoms with van der Waals surface area (Å²) in [6.07, 6.45) is 1.38. The van der Waals surface area contributed by atoms with E-state index in [2.05, 4.69) is 58.3 Å². The van der Waals surface area contributed by atoms with E-state index in [-0.39, 0.29) is 11.3 Å². The summed E-state index contributed by atoms with van der Waals surface area (Å²) in [7, 11) is 0. The summed E-state index contributed by atoms with van der Waals surface area (Å²) in [5.41, 5.74) is 3.17. The van der Waals surface area contributed by atoms with Crippen LogP contribution < -0.4 is 5.43 Å². The molecular formula is C14H8Br3FN2O2. The quantitative estimate of drug-likeness (QED) is 0.484. The van der Waals surface area contributed by atoms with Gasteiger partial charge in [0, 0.05) is 15.6 Å². The minimum absolute atomic E-state index is 0.0227.